The van der Waals surface area contributed by atoms with Crippen LogP contribution in [0.4, 0.5) is 0 Å². The summed E-state index contributed by atoms with van der Waals surface area (Å²) in [6.45, 7) is 4.13. The SMILES string of the molecule is CC(C)c1ccc(C(N)=O)c(Cl)c1. The third kappa shape index (κ3) is 2.22. The number of hydrogen-bond acceptors (Lipinski definition) is 1. The molecule has 0 aliphatic carbocycles. The van der Waals surface area contributed by atoms with Crippen molar-refractivity contribution >= 4 is 17.5 Å². The zero-order valence-electron chi connectivity index (χ0n) is 7.67. The van der Waals surface area contributed by atoms with Crippen molar-refractivity contribution in [2.24, 2.45) is 5.73 Å². The molecular weight excluding hydrogens is 186 g/mol. The van der Waals surface area contributed by atoms with Gasteiger partial charge in [-0.05, 0) is 23.6 Å². The molecule has 0 heterocycles. The van der Waals surface area contributed by atoms with E-state index in [1.165, 1.54) is 0 Å². The average molecular weight is 198 g/mol. The predicted octanol–water partition coefficient (Wildman–Crippen LogP) is 2.56. The molecule has 70 valence electrons. The summed E-state index contributed by atoms with van der Waals surface area (Å²) in [7, 11) is 0. The van der Waals surface area contributed by atoms with E-state index in [0.717, 1.165) is 5.56 Å². The number of amides is 1. The molecular formula is C10H12ClNO. The van der Waals surface area contributed by atoms with Gasteiger partial charge in [-0.3, -0.25) is 4.79 Å². The molecule has 0 radical (unpaired) electrons. The third-order valence-corrected chi connectivity index (χ3v) is 2.24. The zero-order chi connectivity index (χ0) is 10.0. The second kappa shape index (κ2) is 3.79. The fourth-order valence-electron chi connectivity index (χ4n) is 1.09. The first-order valence-corrected chi connectivity index (χ1v) is 4.49. The van der Waals surface area contributed by atoms with E-state index in [9.17, 15) is 4.79 Å². The number of rotatable bonds is 2. The Balaban J connectivity index is 3.13. The second-order valence-electron chi connectivity index (χ2n) is 3.26. The van der Waals surface area contributed by atoms with Crippen molar-refractivity contribution in [2.45, 2.75) is 19.8 Å². The maximum Gasteiger partial charge on any atom is 0.250 e. The number of hydrogen-bond donors (Lipinski definition) is 1. The van der Waals surface area contributed by atoms with Crippen LogP contribution in [0.5, 0.6) is 0 Å². The van der Waals surface area contributed by atoms with Gasteiger partial charge in [0.1, 0.15) is 0 Å². The number of carbonyl (C=O) groups is 1. The molecule has 0 spiro atoms. The molecule has 1 aromatic rings. The Hall–Kier alpha value is -1.02. The minimum Gasteiger partial charge on any atom is -0.366 e. The fraction of sp³-hybridized carbons (Fsp3) is 0.300. The summed E-state index contributed by atoms with van der Waals surface area (Å²) in [4.78, 5) is 10.8. The van der Waals surface area contributed by atoms with Crippen molar-refractivity contribution < 1.29 is 4.79 Å². The predicted molar refractivity (Wildman–Crippen MR) is 54.1 cm³/mol. The van der Waals surface area contributed by atoms with Crippen LogP contribution in [-0.2, 0) is 0 Å². The van der Waals surface area contributed by atoms with E-state index in [2.05, 4.69) is 13.8 Å². The molecule has 0 aromatic heterocycles. The number of carbonyl (C=O) groups excluding carboxylic acids is 1. The van der Waals surface area contributed by atoms with Gasteiger partial charge in [-0.15, -0.1) is 0 Å². The van der Waals surface area contributed by atoms with Crippen LogP contribution >= 0.6 is 11.6 Å². The van der Waals surface area contributed by atoms with E-state index in [0.29, 0.717) is 16.5 Å². The van der Waals surface area contributed by atoms with Gasteiger partial charge in [0, 0.05) is 0 Å². The molecule has 0 saturated heterocycles. The lowest BCUT2D eigenvalue weighted by Gasteiger charge is -2.07. The van der Waals surface area contributed by atoms with Crippen LogP contribution in [0.25, 0.3) is 0 Å². The summed E-state index contributed by atoms with van der Waals surface area (Å²) in [5, 5.41) is 0.429. The van der Waals surface area contributed by atoms with Gasteiger partial charge >= 0.3 is 0 Å². The van der Waals surface area contributed by atoms with Crippen molar-refractivity contribution in [3.8, 4) is 0 Å². The highest BCUT2D eigenvalue weighted by molar-refractivity contribution is 6.33. The summed E-state index contributed by atoms with van der Waals surface area (Å²) in [6.07, 6.45) is 0. The van der Waals surface area contributed by atoms with Crippen LogP contribution in [0, 0.1) is 0 Å². The fourth-order valence-corrected chi connectivity index (χ4v) is 1.37. The van der Waals surface area contributed by atoms with Gasteiger partial charge in [-0.25, -0.2) is 0 Å². The third-order valence-electron chi connectivity index (χ3n) is 1.93. The lowest BCUT2D eigenvalue weighted by atomic mass is 10.0. The van der Waals surface area contributed by atoms with Crippen LogP contribution in [0.1, 0.15) is 35.7 Å². The maximum atomic E-state index is 10.8. The van der Waals surface area contributed by atoms with Crippen molar-refractivity contribution in [3.63, 3.8) is 0 Å². The Morgan fingerprint density at radius 1 is 1.46 bits per heavy atom. The molecule has 0 saturated carbocycles. The van der Waals surface area contributed by atoms with E-state index in [1.54, 1.807) is 12.1 Å². The van der Waals surface area contributed by atoms with Crippen molar-refractivity contribution in [1.29, 1.82) is 0 Å². The molecule has 0 aliphatic heterocycles. The first-order chi connectivity index (χ1) is 6.02. The molecule has 0 fully saturated rings. The van der Waals surface area contributed by atoms with Crippen molar-refractivity contribution in [1.82, 2.24) is 0 Å². The molecule has 0 unspecified atom stereocenters. The molecule has 13 heavy (non-hydrogen) atoms. The Bertz CT molecular complexity index is 334. The van der Waals surface area contributed by atoms with Gasteiger partial charge in [0.2, 0.25) is 5.91 Å². The average Bonchev–Trinajstić information content (AvgIpc) is 2.03. The highest BCUT2D eigenvalue weighted by Gasteiger charge is 2.08. The summed E-state index contributed by atoms with van der Waals surface area (Å²) < 4.78 is 0. The van der Waals surface area contributed by atoms with Crippen LogP contribution < -0.4 is 5.73 Å². The molecule has 1 rings (SSSR count). The van der Waals surface area contributed by atoms with Crippen LogP contribution in [0.15, 0.2) is 18.2 Å². The molecule has 3 heteroatoms. The Morgan fingerprint density at radius 3 is 2.46 bits per heavy atom. The number of primary amides is 1. The standard InChI is InChI=1S/C10H12ClNO/c1-6(2)7-3-4-8(10(12)13)9(11)5-7/h3-6H,1-2H3,(H2,12,13). The first kappa shape index (κ1) is 10.1. The van der Waals surface area contributed by atoms with Gasteiger partial charge < -0.3 is 5.73 Å². The quantitative estimate of drug-likeness (QED) is 0.778. The molecule has 2 N–H and O–H groups in total. The van der Waals surface area contributed by atoms with Gasteiger partial charge in [0.15, 0.2) is 0 Å². The summed E-state index contributed by atoms with van der Waals surface area (Å²) in [5.41, 5.74) is 6.60. The van der Waals surface area contributed by atoms with Crippen LogP contribution in [0.3, 0.4) is 0 Å². The van der Waals surface area contributed by atoms with Gasteiger partial charge in [0.05, 0.1) is 10.6 Å². The topological polar surface area (TPSA) is 43.1 Å². The van der Waals surface area contributed by atoms with E-state index in [4.69, 9.17) is 17.3 Å². The van der Waals surface area contributed by atoms with Crippen molar-refractivity contribution in [3.05, 3.63) is 34.3 Å². The molecule has 1 amide bonds. The Kier molecular flexibility index (Phi) is 2.94. The van der Waals surface area contributed by atoms with Gasteiger partial charge in [-0.2, -0.15) is 0 Å². The van der Waals surface area contributed by atoms with Crippen LogP contribution in [-0.4, -0.2) is 5.91 Å². The minimum atomic E-state index is -0.486. The second-order valence-corrected chi connectivity index (χ2v) is 3.67. The highest BCUT2D eigenvalue weighted by Crippen LogP contribution is 2.22. The minimum absolute atomic E-state index is 0.381. The van der Waals surface area contributed by atoms with Gasteiger partial charge in [-0.1, -0.05) is 31.5 Å². The van der Waals surface area contributed by atoms with Crippen LogP contribution in [0.2, 0.25) is 5.02 Å². The molecule has 0 aliphatic rings. The molecule has 2 nitrogen and oxygen atoms in total. The number of halogens is 1. The maximum absolute atomic E-state index is 10.8. The number of nitrogens with two attached hydrogens (primary N) is 1. The monoisotopic (exact) mass is 197 g/mol. The summed E-state index contributed by atoms with van der Waals surface area (Å²) in [6, 6.07) is 5.32. The lowest BCUT2D eigenvalue weighted by molar-refractivity contribution is 0.100. The highest BCUT2D eigenvalue weighted by atomic mass is 35.5. The van der Waals surface area contributed by atoms with E-state index in [-0.39, 0.29) is 0 Å². The van der Waals surface area contributed by atoms with Gasteiger partial charge in [0.25, 0.3) is 0 Å². The molecule has 0 bridgehead atoms. The van der Waals surface area contributed by atoms with Crippen molar-refractivity contribution in [2.75, 3.05) is 0 Å². The smallest absolute Gasteiger partial charge is 0.250 e. The zero-order valence-corrected chi connectivity index (χ0v) is 8.43. The van der Waals surface area contributed by atoms with E-state index in [1.807, 2.05) is 6.07 Å². The molecule has 0 atom stereocenters. The summed E-state index contributed by atoms with van der Waals surface area (Å²) >= 11 is 5.87. The van der Waals surface area contributed by atoms with E-state index >= 15 is 0 Å². The first-order valence-electron chi connectivity index (χ1n) is 4.11. The Morgan fingerprint density at radius 2 is 2.08 bits per heavy atom. The largest absolute Gasteiger partial charge is 0.366 e. The van der Waals surface area contributed by atoms with E-state index < -0.39 is 5.91 Å². The lowest BCUT2D eigenvalue weighted by Crippen LogP contribution is -2.11. The summed E-state index contributed by atoms with van der Waals surface area (Å²) in [5.74, 6) is -0.0836. The number of benzene rings is 1. The normalized spacial score (nSPS) is 10.5. The molecule has 1 aromatic carbocycles. The Labute approximate surface area is 82.7 Å².